The van der Waals surface area contributed by atoms with E-state index in [2.05, 4.69) is 10.7 Å². The van der Waals surface area contributed by atoms with Crippen molar-refractivity contribution in [2.45, 2.75) is 20.0 Å². The molecule has 0 saturated heterocycles. The maximum absolute atomic E-state index is 13.8. The minimum absolute atomic E-state index is 0.0179. The summed E-state index contributed by atoms with van der Waals surface area (Å²) < 4.78 is 23.8. The van der Waals surface area contributed by atoms with Gasteiger partial charge in [-0.1, -0.05) is 18.2 Å². The number of esters is 1. The third kappa shape index (κ3) is 4.69. The van der Waals surface area contributed by atoms with Gasteiger partial charge in [0.15, 0.2) is 0 Å². The molecular formula is C16H20FN3O4. The molecule has 7 nitrogen and oxygen atoms in total. The van der Waals surface area contributed by atoms with Gasteiger partial charge in [-0.3, -0.25) is 5.32 Å². The lowest BCUT2D eigenvalue weighted by molar-refractivity contribution is -0.153. The number of hydrogen-bond acceptors (Lipinski definition) is 6. The molecule has 24 heavy (non-hydrogen) atoms. The maximum atomic E-state index is 13.8. The van der Waals surface area contributed by atoms with Crippen LogP contribution in [0.25, 0.3) is 0 Å². The Morgan fingerprint density at radius 2 is 2.25 bits per heavy atom. The van der Waals surface area contributed by atoms with E-state index in [1.54, 1.807) is 31.1 Å². The number of hydrazine groups is 1. The number of hydrogen-bond donors (Lipinski definition) is 2. The lowest BCUT2D eigenvalue weighted by atomic mass is 10.2. The molecule has 1 atom stereocenters. The van der Waals surface area contributed by atoms with Crippen LogP contribution in [0, 0.1) is 12.7 Å². The summed E-state index contributed by atoms with van der Waals surface area (Å²) in [6, 6.07) is 4.42. The Morgan fingerprint density at radius 3 is 2.88 bits per heavy atom. The number of carbonyl (C=O) groups is 2. The number of amides is 1. The van der Waals surface area contributed by atoms with Gasteiger partial charge in [-0.2, -0.15) is 0 Å². The first-order chi connectivity index (χ1) is 11.5. The largest absolute Gasteiger partial charge is 0.463 e. The van der Waals surface area contributed by atoms with E-state index in [4.69, 9.17) is 9.47 Å². The number of nitrogens with zero attached hydrogens (tertiary/aromatic N) is 1. The van der Waals surface area contributed by atoms with Gasteiger partial charge in [-0.25, -0.2) is 19.4 Å². The van der Waals surface area contributed by atoms with E-state index < -0.39 is 24.0 Å². The first kappa shape index (κ1) is 17.7. The number of benzene rings is 1. The van der Waals surface area contributed by atoms with Crippen LogP contribution in [0.4, 0.5) is 14.9 Å². The molecule has 0 aromatic heterocycles. The van der Waals surface area contributed by atoms with Gasteiger partial charge < -0.3 is 14.5 Å². The molecule has 0 radical (unpaired) electrons. The highest BCUT2D eigenvalue weighted by molar-refractivity contribution is 5.88. The van der Waals surface area contributed by atoms with E-state index in [1.165, 1.54) is 12.1 Å². The zero-order chi connectivity index (χ0) is 17.5. The summed E-state index contributed by atoms with van der Waals surface area (Å²) in [5, 5.41) is 3.94. The van der Waals surface area contributed by atoms with E-state index >= 15 is 0 Å². The van der Waals surface area contributed by atoms with Crippen LogP contribution < -0.4 is 10.7 Å². The Morgan fingerprint density at radius 1 is 1.46 bits per heavy atom. The van der Waals surface area contributed by atoms with E-state index in [-0.39, 0.29) is 18.8 Å². The molecule has 0 bridgehead atoms. The molecule has 1 unspecified atom stereocenters. The quantitative estimate of drug-likeness (QED) is 0.773. The summed E-state index contributed by atoms with van der Waals surface area (Å²) in [5.41, 5.74) is 3.53. The van der Waals surface area contributed by atoms with Crippen molar-refractivity contribution in [1.82, 2.24) is 10.4 Å². The summed E-state index contributed by atoms with van der Waals surface area (Å²) in [5.74, 6) is -1.25. The van der Waals surface area contributed by atoms with Crippen molar-refractivity contribution in [1.29, 1.82) is 0 Å². The second-order valence-corrected chi connectivity index (χ2v) is 5.10. The average molecular weight is 337 g/mol. The van der Waals surface area contributed by atoms with Crippen LogP contribution in [0.3, 0.4) is 0 Å². The Labute approximate surface area is 139 Å². The minimum Gasteiger partial charge on any atom is -0.463 e. The van der Waals surface area contributed by atoms with Crippen LogP contribution in [0.15, 0.2) is 30.5 Å². The van der Waals surface area contributed by atoms with Crippen LogP contribution in [-0.2, 0) is 14.3 Å². The number of halogens is 1. The zero-order valence-corrected chi connectivity index (χ0v) is 13.5. The zero-order valence-electron chi connectivity index (χ0n) is 13.5. The van der Waals surface area contributed by atoms with Crippen molar-refractivity contribution in [3.63, 3.8) is 0 Å². The summed E-state index contributed by atoms with van der Waals surface area (Å²) in [6.45, 7) is 4.18. The summed E-state index contributed by atoms with van der Waals surface area (Å²) in [4.78, 5) is 24.0. The van der Waals surface area contributed by atoms with Crippen LogP contribution in [0.2, 0.25) is 0 Å². The normalized spacial score (nSPS) is 14.4. The standard InChI is InChI=1S/C16H20FN3O4/c1-3-23-15(21)13(10-20-9-5-8-18-20)24-16(22)19-14-11(2)6-4-7-12(14)17/h4-7,9,13,18H,3,8,10H2,1-2H3,(H,19,22). The Balaban J connectivity index is 2.02. The van der Waals surface area contributed by atoms with Crippen LogP contribution in [-0.4, -0.2) is 42.9 Å². The fraction of sp³-hybridized carbons (Fsp3) is 0.375. The predicted molar refractivity (Wildman–Crippen MR) is 85.5 cm³/mol. The SMILES string of the molecule is CCOC(=O)C(CN1C=CCN1)OC(=O)Nc1c(C)cccc1F. The van der Waals surface area contributed by atoms with E-state index in [0.717, 1.165) is 0 Å². The van der Waals surface area contributed by atoms with Crippen molar-refractivity contribution in [3.8, 4) is 0 Å². The first-order valence-corrected chi connectivity index (χ1v) is 7.57. The number of aryl methyl sites for hydroxylation is 1. The molecule has 0 fully saturated rings. The van der Waals surface area contributed by atoms with Crippen molar-refractivity contribution in [3.05, 3.63) is 41.9 Å². The number of rotatable bonds is 6. The van der Waals surface area contributed by atoms with Crippen LogP contribution in [0.5, 0.6) is 0 Å². The van der Waals surface area contributed by atoms with Gasteiger partial charge >= 0.3 is 12.1 Å². The highest BCUT2D eigenvalue weighted by Gasteiger charge is 2.27. The molecular weight excluding hydrogens is 317 g/mol. The monoisotopic (exact) mass is 337 g/mol. The maximum Gasteiger partial charge on any atom is 0.412 e. The van der Waals surface area contributed by atoms with Crippen LogP contribution >= 0.6 is 0 Å². The summed E-state index contributed by atoms with van der Waals surface area (Å²) >= 11 is 0. The molecule has 0 saturated carbocycles. The second-order valence-electron chi connectivity index (χ2n) is 5.10. The Bertz CT molecular complexity index is 615. The molecule has 0 spiro atoms. The van der Waals surface area contributed by atoms with Crippen molar-refractivity contribution < 1.29 is 23.5 Å². The van der Waals surface area contributed by atoms with E-state index in [9.17, 15) is 14.0 Å². The van der Waals surface area contributed by atoms with Crippen molar-refractivity contribution >= 4 is 17.7 Å². The lowest BCUT2D eigenvalue weighted by Gasteiger charge is -2.23. The topological polar surface area (TPSA) is 79.9 Å². The first-order valence-electron chi connectivity index (χ1n) is 7.57. The van der Waals surface area contributed by atoms with E-state index in [1.807, 2.05) is 6.08 Å². The molecule has 1 aromatic carbocycles. The molecule has 0 aliphatic carbocycles. The fourth-order valence-corrected chi connectivity index (χ4v) is 2.15. The summed E-state index contributed by atoms with van der Waals surface area (Å²) in [7, 11) is 0. The molecule has 2 N–H and O–H groups in total. The molecule has 2 rings (SSSR count). The highest BCUT2D eigenvalue weighted by atomic mass is 19.1. The summed E-state index contributed by atoms with van der Waals surface area (Å²) in [6.07, 6.45) is 1.51. The molecule has 1 aliphatic rings. The minimum atomic E-state index is -1.15. The molecule has 8 heteroatoms. The third-order valence-corrected chi connectivity index (χ3v) is 3.31. The van der Waals surface area contributed by atoms with Gasteiger partial charge in [-0.05, 0) is 25.5 Å². The Hall–Kier alpha value is -2.61. The van der Waals surface area contributed by atoms with Crippen molar-refractivity contribution in [2.75, 3.05) is 25.0 Å². The third-order valence-electron chi connectivity index (χ3n) is 3.31. The van der Waals surface area contributed by atoms with Gasteiger partial charge in [0.25, 0.3) is 0 Å². The number of carbonyl (C=O) groups excluding carboxylic acids is 2. The number of anilines is 1. The number of para-hydroxylation sites is 1. The van der Waals surface area contributed by atoms with Crippen LogP contribution in [0.1, 0.15) is 12.5 Å². The molecule has 1 heterocycles. The average Bonchev–Trinajstić information content (AvgIpc) is 3.04. The highest BCUT2D eigenvalue weighted by Crippen LogP contribution is 2.19. The molecule has 1 aliphatic heterocycles. The number of nitrogens with one attached hydrogen (secondary N) is 2. The van der Waals surface area contributed by atoms with E-state index in [0.29, 0.717) is 12.1 Å². The lowest BCUT2D eigenvalue weighted by Crippen LogP contribution is -2.43. The Kier molecular flexibility index (Phi) is 6.14. The molecule has 1 amide bonds. The fourth-order valence-electron chi connectivity index (χ4n) is 2.15. The number of ether oxygens (including phenoxy) is 2. The van der Waals surface area contributed by atoms with Gasteiger partial charge in [-0.15, -0.1) is 0 Å². The second kappa shape index (κ2) is 8.30. The van der Waals surface area contributed by atoms with Gasteiger partial charge in [0, 0.05) is 12.7 Å². The van der Waals surface area contributed by atoms with Gasteiger partial charge in [0.2, 0.25) is 6.10 Å². The van der Waals surface area contributed by atoms with Crippen molar-refractivity contribution in [2.24, 2.45) is 0 Å². The molecule has 1 aromatic rings. The molecule has 130 valence electrons. The predicted octanol–water partition coefficient (Wildman–Crippen LogP) is 1.95. The smallest absolute Gasteiger partial charge is 0.412 e. The van der Waals surface area contributed by atoms with Gasteiger partial charge in [0.1, 0.15) is 5.82 Å². The van der Waals surface area contributed by atoms with Gasteiger partial charge in [0.05, 0.1) is 18.8 Å².